The molecule has 6 heteroatoms. The van der Waals surface area contributed by atoms with Crippen molar-refractivity contribution in [2.45, 2.75) is 26.9 Å². The van der Waals surface area contributed by atoms with Crippen LogP contribution < -0.4 is 10.2 Å². The first-order valence-electron chi connectivity index (χ1n) is 7.49. The van der Waals surface area contributed by atoms with Gasteiger partial charge in [0.2, 0.25) is 0 Å². The van der Waals surface area contributed by atoms with Crippen LogP contribution >= 0.6 is 12.6 Å². The van der Waals surface area contributed by atoms with Crippen molar-refractivity contribution in [1.29, 1.82) is 5.26 Å². The molecule has 0 aliphatic carbocycles. The number of carbonyl (C=O) groups is 1. The zero-order valence-corrected chi connectivity index (χ0v) is 14.5. The van der Waals surface area contributed by atoms with E-state index in [0.717, 1.165) is 22.6 Å². The van der Waals surface area contributed by atoms with Gasteiger partial charge in [-0.3, -0.25) is 4.79 Å². The van der Waals surface area contributed by atoms with Gasteiger partial charge in [0, 0.05) is 5.69 Å². The smallest absolute Gasteiger partial charge is 0.266 e. The topological polar surface area (TPSA) is 69.3 Å². The standard InChI is InChI=1S/C18H17N3O2S/c1-10-4-6-14(11(2)8-10)21-16(15-7-5-12(3)23-15)20-17(22)13(9-19)18(21)24/h4-8,16,24H,1-3H3,(H,20,22). The highest BCUT2D eigenvalue weighted by molar-refractivity contribution is 7.84. The minimum absolute atomic E-state index is 0.0159. The van der Waals surface area contributed by atoms with Crippen LogP contribution in [0.1, 0.15) is 28.8 Å². The second-order valence-corrected chi connectivity index (χ2v) is 6.22. The van der Waals surface area contributed by atoms with E-state index >= 15 is 0 Å². The Kier molecular flexibility index (Phi) is 4.12. The van der Waals surface area contributed by atoms with Crippen molar-refractivity contribution in [2.75, 3.05) is 4.90 Å². The Morgan fingerprint density at radius 1 is 1.25 bits per heavy atom. The minimum atomic E-state index is -0.558. The number of thiol groups is 1. The number of carbonyl (C=O) groups excluding carboxylic acids is 1. The van der Waals surface area contributed by atoms with E-state index in [9.17, 15) is 10.1 Å². The van der Waals surface area contributed by atoms with Crippen LogP contribution in [0.25, 0.3) is 0 Å². The second-order valence-electron chi connectivity index (χ2n) is 5.79. The molecular formula is C18H17N3O2S. The van der Waals surface area contributed by atoms with Crippen molar-refractivity contribution in [3.63, 3.8) is 0 Å². The van der Waals surface area contributed by atoms with E-state index in [1.165, 1.54) is 0 Å². The van der Waals surface area contributed by atoms with Crippen molar-refractivity contribution in [3.05, 3.63) is 63.6 Å². The third-order valence-electron chi connectivity index (χ3n) is 3.96. The number of nitrogens with one attached hydrogen (secondary N) is 1. The third kappa shape index (κ3) is 2.68. The Bertz CT molecular complexity index is 892. The van der Waals surface area contributed by atoms with E-state index in [1.807, 2.05) is 62.1 Å². The molecule has 3 rings (SSSR count). The van der Waals surface area contributed by atoms with Crippen molar-refractivity contribution < 1.29 is 9.21 Å². The van der Waals surface area contributed by atoms with E-state index in [4.69, 9.17) is 4.42 Å². The Morgan fingerprint density at radius 3 is 2.58 bits per heavy atom. The van der Waals surface area contributed by atoms with Gasteiger partial charge in [-0.2, -0.15) is 5.26 Å². The van der Waals surface area contributed by atoms with Gasteiger partial charge < -0.3 is 14.6 Å². The van der Waals surface area contributed by atoms with Crippen LogP contribution in [0.3, 0.4) is 0 Å². The summed E-state index contributed by atoms with van der Waals surface area (Å²) in [5.41, 5.74) is 2.99. The molecule has 24 heavy (non-hydrogen) atoms. The van der Waals surface area contributed by atoms with Gasteiger partial charge in [-0.25, -0.2) is 0 Å². The third-order valence-corrected chi connectivity index (χ3v) is 4.40. The summed E-state index contributed by atoms with van der Waals surface area (Å²) >= 11 is 4.47. The van der Waals surface area contributed by atoms with E-state index in [-0.39, 0.29) is 5.57 Å². The zero-order chi connectivity index (χ0) is 17.4. The van der Waals surface area contributed by atoms with E-state index in [1.54, 1.807) is 0 Å². The van der Waals surface area contributed by atoms with Crippen LogP contribution in [0, 0.1) is 32.1 Å². The Balaban J connectivity index is 2.20. The Labute approximate surface area is 146 Å². The van der Waals surface area contributed by atoms with Crippen molar-refractivity contribution in [3.8, 4) is 6.07 Å². The molecule has 1 aromatic carbocycles. The molecule has 2 aromatic rings. The molecule has 0 saturated heterocycles. The summed E-state index contributed by atoms with van der Waals surface area (Å²) in [4.78, 5) is 14.0. The van der Waals surface area contributed by atoms with Crippen molar-refractivity contribution >= 4 is 24.2 Å². The molecule has 1 atom stereocenters. The second kappa shape index (κ2) is 6.10. The number of rotatable bonds is 2. The largest absolute Gasteiger partial charge is 0.462 e. The molecule has 1 aromatic heterocycles. The first-order valence-corrected chi connectivity index (χ1v) is 7.94. The Hall–Kier alpha value is -2.65. The lowest BCUT2D eigenvalue weighted by Crippen LogP contribution is -2.46. The van der Waals surface area contributed by atoms with Gasteiger partial charge in [-0.05, 0) is 44.5 Å². The molecular weight excluding hydrogens is 322 g/mol. The molecule has 0 fully saturated rings. The molecule has 0 saturated carbocycles. The number of amides is 1. The van der Waals surface area contributed by atoms with Crippen LogP contribution in [-0.2, 0) is 4.79 Å². The molecule has 1 amide bonds. The molecule has 0 radical (unpaired) electrons. The first-order chi connectivity index (χ1) is 11.4. The van der Waals surface area contributed by atoms with Gasteiger partial charge in [0.1, 0.15) is 23.2 Å². The van der Waals surface area contributed by atoms with Crippen molar-refractivity contribution in [1.82, 2.24) is 5.32 Å². The maximum absolute atomic E-state index is 12.2. The number of nitriles is 1. The molecule has 1 unspecified atom stereocenters. The predicted molar refractivity (Wildman–Crippen MR) is 94.3 cm³/mol. The summed E-state index contributed by atoms with van der Waals surface area (Å²) in [5.74, 6) is 0.877. The molecule has 1 aliphatic heterocycles. The Morgan fingerprint density at radius 2 is 2.00 bits per heavy atom. The summed E-state index contributed by atoms with van der Waals surface area (Å²) < 4.78 is 5.71. The number of aryl methyl sites for hydroxylation is 3. The summed E-state index contributed by atoms with van der Waals surface area (Å²) in [7, 11) is 0. The highest BCUT2D eigenvalue weighted by Gasteiger charge is 2.36. The maximum atomic E-state index is 12.2. The summed E-state index contributed by atoms with van der Waals surface area (Å²) in [6.45, 7) is 5.84. The molecule has 2 heterocycles. The van der Waals surface area contributed by atoms with Gasteiger partial charge in [0.25, 0.3) is 5.91 Å². The number of hydrogen-bond acceptors (Lipinski definition) is 5. The van der Waals surface area contributed by atoms with E-state index in [2.05, 4.69) is 17.9 Å². The molecule has 0 bridgehead atoms. The lowest BCUT2D eigenvalue weighted by molar-refractivity contribution is -0.118. The fraction of sp³-hybridized carbons (Fsp3) is 0.222. The monoisotopic (exact) mass is 339 g/mol. The molecule has 1 N–H and O–H groups in total. The van der Waals surface area contributed by atoms with Gasteiger partial charge in [0.15, 0.2) is 6.17 Å². The van der Waals surface area contributed by atoms with Crippen LogP contribution in [-0.4, -0.2) is 5.91 Å². The molecule has 122 valence electrons. The van der Waals surface area contributed by atoms with Gasteiger partial charge in [0.05, 0.1) is 5.03 Å². The molecule has 1 aliphatic rings. The first kappa shape index (κ1) is 16.2. The number of furan rings is 1. The average molecular weight is 339 g/mol. The maximum Gasteiger partial charge on any atom is 0.266 e. The summed E-state index contributed by atoms with van der Waals surface area (Å²) in [6.07, 6.45) is -0.558. The number of anilines is 1. The quantitative estimate of drug-likeness (QED) is 0.822. The van der Waals surface area contributed by atoms with Gasteiger partial charge >= 0.3 is 0 Å². The number of nitrogens with zero attached hydrogens (tertiary/aromatic N) is 2. The lowest BCUT2D eigenvalue weighted by atomic mass is 10.1. The zero-order valence-electron chi connectivity index (χ0n) is 13.6. The van der Waals surface area contributed by atoms with Crippen LogP contribution in [0.5, 0.6) is 0 Å². The SMILES string of the molecule is Cc1ccc(N2C(S)=C(C#N)C(=O)NC2c2ccc(C)o2)c(C)c1. The van der Waals surface area contributed by atoms with Crippen LogP contribution in [0.2, 0.25) is 0 Å². The van der Waals surface area contributed by atoms with Crippen LogP contribution in [0.4, 0.5) is 5.69 Å². The minimum Gasteiger partial charge on any atom is -0.462 e. The number of hydrogen-bond donors (Lipinski definition) is 2. The van der Waals surface area contributed by atoms with Gasteiger partial charge in [-0.15, -0.1) is 12.6 Å². The highest BCUT2D eigenvalue weighted by Crippen LogP contribution is 2.37. The van der Waals surface area contributed by atoms with E-state index < -0.39 is 12.1 Å². The normalized spacial score (nSPS) is 17.7. The van der Waals surface area contributed by atoms with Crippen molar-refractivity contribution in [2.24, 2.45) is 0 Å². The summed E-state index contributed by atoms with van der Waals surface area (Å²) in [5, 5.41) is 12.4. The number of benzene rings is 1. The fourth-order valence-corrected chi connectivity index (χ4v) is 3.21. The fourth-order valence-electron chi connectivity index (χ4n) is 2.83. The predicted octanol–water partition coefficient (Wildman–Crippen LogP) is 3.50. The van der Waals surface area contributed by atoms with E-state index in [0.29, 0.717) is 10.8 Å². The van der Waals surface area contributed by atoms with Crippen LogP contribution in [0.15, 0.2) is 45.4 Å². The average Bonchev–Trinajstić information content (AvgIpc) is 2.95. The molecule has 5 nitrogen and oxygen atoms in total. The van der Waals surface area contributed by atoms with Gasteiger partial charge in [-0.1, -0.05) is 17.7 Å². The molecule has 0 spiro atoms. The lowest BCUT2D eigenvalue weighted by Gasteiger charge is -2.37. The summed E-state index contributed by atoms with van der Waals surface area (Å²) in [6, 6.07) is 11.6. The highest BCUT2D eigenvalue weighted by atomic mass is 32.1.